The molecule has 0 unspecified atom stereocenters. The Morgan fingerprint density at radius 3 is 1.53 bits per heavy atom. The van der Waals surface area contributed by atoms with E-state index >= 15 is 0 Å². The summed E-state index contributed by atoms with van der Waals surface area (Å²) in [5.41, 5.74) is 2.29. The van der Waals surface area contributed by atoms with Crippen LogP contribution >= 0.6 is 31.9 Å². The molecule has 0 atom stereocenters. The topological polar surface area (TPSA) is 65.3 Å². The van der Waals surface area contributed by atoms with Gasteiger partial charge in [-0.25, -0.2) is 9.59 Å². The van der Waals surface area contributed by atoms with Gasteiger partial charge in [0.1, 0.15) is 11.2 Å². The maximum absolute atomic E-state index is 12.6. The van der Waals surface area contributed by atoms with E-state index in [4.69, 9.17) is 8.83 Å². The fraction of sp³-hybridized carbons (Fsp3) is 0.0435. The molecule has 0 saturated carbocycles. The second-order valence-electron chi connectivity index (χ2n) is 6.92. The molecule has 0 saturated heterocycles. The van der Waals surface area contributed by atoms with Crippen molar-refractivity contribution < 1.29 is 8.83 Å². The van der Waals surface area contributed by atoms with Gasteiger partial charge in [0.15, 0.2) is 0 Å². The summed E-state index contributed by atoms with van der Waals surface area (Å²) in [7, 11) is 1.81. The van der Waals surface area contributed by atoms with Crippen LogP contribution in [0.2, 0.25) is 0 Å². The largest absolute Gasteiger partial charge is 0.422 e. The zero-order chi connectivity index (χ0) is 21.0. The minimum atomic E-state index is -0.438. The molecule has 0 spiro atoms. The van der Waals surface area contributed by atoms with Crippen molar-refractivity contribution in [3.05, 3.63) is 90.4 Å². The number of halogens is 2. The third-order valence-electron chi connectivity index (χ3n) is 5.06. The summed E-state index contributed by atoms with van der Waals surface area (Å²) in [6.45, 7) is 0. The number of aromatic nitrogens is 1. The van der Waals surface area contributed by atoms with E-state index in [1.54, 1.807) is 48.0 Å². The number of nitrogens with zero attached hydrogens (tertiary/aromatic N) is 1. The van der Waals surface area contributed by atoms with E-state index in [9.17, 15) is 9.59 Å². The molecule has 148 valence electrons. The summed E-state index contributed by atoms with van der Waals surface area (Å²) in [6.07, 6.45) is 0. The molecule has 5 rings (SSSR count). The maximum atomic E-state index is 12.6. The Morgan fingerprint density at radius 1 is 0.667 bits per heavy atom. The van der Waals surface area contributed by atoms with Gasteiger partial charge in [-0.1, -0.05) is 31.9 Å². The van der Waals surface area contributed by atoms with Gasteiger partial charge in [-0.05, 0) is 60.7 Å². The monoisotopic (exact) mass is 525 g/mol. The summed E-state index contributed by atoms with van der Waals surface area (Å²) in [6, 6.07) is 18.1. The summed E-state index contributed by atoms with van der Waals surface area (Å²) < 4.78 is 14.6. The second kappa shape index (κ2) is 7.11. The highest BCUT2D eigenvalue weighted by Gasteiger charge is 2.17. The molecule has 0 aliphatic rings. The van der Waals surface area contributed by atoms with Gasteiger partial charge >= 0.3 is 11.3 Å². The molecule has 0 aliphatic heterocycles. The highest BCUT2D eigenvalue weighted by atomic mass is 79.9. The van der Waals surface area contributed by atoms with Crippen molar-refractivity contribution >= 4 is 53.8 Å². The van der Waals surface area contributed by atoms with Gasteiger partial charge < -0.3 is 13.4 Å². The van der Waals surface area contributed by atoms with Crippen LogP contribution in [0.3, 0.4) is 0 Å². The lowest BCUT2D eigenvalue weighted by molar-refractivity contribution is 0.562. The SMILES string of the molecule is Cn1c(-c2cc3cc(Br)ccc3oc2=O)ccc1-c1cc2cc(Br)ccc2oc1=O. The maximum Gasteiger partial charge on any atom is 0.345 e. The summed E-state index contributed by atoms with van der Waals surface area (Å²) in [5.74, 6) is 0. The predicted molar refractivity (Wildman–Crippen MR) is 124 cm³/mol. The predicted octanol–water partition coefficient (Wildman–Crippen LogP) is 6.10. The van der Waals surface area contributed by atoms with Crippen molar-refractivity contribution in [2.24, 2.45) is 7.05 Å². The van der Waals surface area contributed by atoms with Gasteiger partial charge in [0, 0.05) is 26.8 Å². The molecule has 5 aromatic rings. The number of fused-ring (bicyclic) bond motifs is 2. The van der Waals surface area contributed by atoms with Crippen molar-refractivity contribution in [2.45, 2.75) is 0 Å². The molecule has 3 heterocycles. The van der Waals surface area contributed by atoms with E-state index < -0.39 is 11.3 Å². The Kier molecular flexibility index (Phi) is 4.52. The smallest absolute Gasteiger partial charge is 0.345 e. The molecule has 0 fully saturated rings. The van der Waals surface area contributed by atoms with Gasteiger partial charge in [0.05, 0.1) is 22.5 Å². The first-order valence-electron chi connectivity index (χ1n) is 9.04. The van der Waals surface area contributed by atoms with E-state index in [1.807, 2.05) is 24.3 Å². The minimum absolute atomic E-state index is 0.419. The highest BCUT2D eigenvalue weighted by Crippen LogP contribution is 2.29. The molecule has 2 aromatic carbocycles. The first-order valence-corrected chi connectivity index (χ1v) is 10.6. The van der Waals surface area contributed by atoms with Crippen molar-refractivity contribution in [3.63, 3.8) is 0 Å². The third kappa shape index (κ3) is 3.14. The minimum Gasteiger partial charge on any atom is -0.422 e. The van der Waals surface area contributed by atoms with E-state index in [2.05, 4.69) is 31.9 Å². The molecule has 0 radical (unpaired) electrons. The normalized spacial score (nSPS) is 11.4. The summed E-state index contributed by atoms with van der Waals surface area (Å²) in [4.78, 5) is 25.2. The summed E-state index contributed by atoms with van der Waals surface area (Å²) >= 11 is 6.88. The lowest BCUT2D eigenvalue weighted by atomic mass is 10.1. The molecule has 3 aromatic heterocycles. The number of benzene rings is 2. The van der Waals surface area contributed by atoms with E-state index in [-0.39, 0.29) is 0 Å². The first kappa shape index (κ1) is 19.1. The van der Waals surface area contributed by atoms with Crippen LogP contribution in [-0.4, -0.2) is 4.57 Å². The van der Waals surface area contributed by atoms with Crippen LogP contribution in [0.5, 0.6) is 0 Å². The quantitative estimate of drug-likeness (QED) is 0.261. The van der Waals surface area contributed by atoms with Gasteiger partial charge in [-0.15, -0.1) is 0 Å². The van der Waals surface area contributed by atoms with Crippen LogP contribution in [0.1, 0.15) is 0 Å². The van der Waals surface area contributed by atoms with Crippen LogP contribution < -0.4 is 11.3 Å². The Morgan fingerprint density at radius 2 is 1.10 bits per heavy atom. The van der Waals surface area contributed by atoms with Gasteiger partial charge in [-0.3, -0.25) is 0 Å². The number of hydrogen-bond donors (Lipinski definition) is 0. The van der Waals surface area contributed by atoms with Gasteiger partial charge in [0.25, 0.3) is 0 Å². The standard InChI is InChI=1S/C23H13Br2NO4/c1-26-18(16-10-12-8-14(24)2-6-20(12)29-22(16)27)4-5-19(26)17-11-13-9-15(25)3-7-21(13)30-23(17)28/h2-11H,1H3. The van der Waals surface area contributed by atoms with Crippen LogP contribution in [0.4, 0.5) is 0 Å². The van der Waals surface area contributed by atoms with Crippen molar-refractivity contribution in [2.75, 3.05) is 0 Å². The van der Waals surface area contributed by atoms with Crippen molar-refractivity contribution in [1.82, 2.24) is 4.57 Å². The Bertz CT molecular complexity index is 1460. The van der Waals surface area contributed by atoms with Crippen LogP contribution in [-0.2, 0) is 7.05 Å². The summed E-state index contributed by atoms with van der Waals surface area (Å²) in [5, 5.41) is 1.61. The lowest BCUT2D eigenvalue weighted by Gasteiger charge is -2.08. The molecule has 0 bridgehead atoms. The highest BCUT2D eigenvalue weighted by molar-refractivity contribution is 9.10. The van der Waals surface area contributed by atoms with E-state index in [0.29, 0.717) is 33.7 Å². The van der Waals surface area contributed by atoms with E-state index in [0.717, 1.165) is 19.7 Å². The molecule has 7 heteroatoms. The van der Waals surface area contributed by atoms with Crippen LogP contribution in [0, 0.1) is 0 Å². The van der Waals surface area contributed by atoms with Crippen molar-refractivity contribution in [1.29, 1.82) is 0 Å². The molecular formula is C23H13Br2NO4. The Balaban J connectivity index is 1.70. The third-order valence-corrected chi connectivity index (χ3v) is 6.05. The first-order chi connectivity index (χ1) is 14.4. The molecule has 5 nitrogen and oxygen atoms in total. The van der Waals surface area contributed by atoms with Gasteiger partial charge in [-0.2, -0.15) is 0 Å². The number of rotatable bonds is 2. The van der Waals surface area contributed by atoms with Crippen LogP contribution in [0.15, 0.2) is 88.0 Å². The molecule has 30 heavy (non-hydrogen) atoms. The molecular weight excluding hydrogens is 514 g/mol. The second-order valence-corrected chi connectivity index (χ2v) is 8.75. The Labute approximate surface area is 186 Å². The average molecular weight is 527 g/mol. The molecule has 0 amide bonds. The zero-order valence-corrected chi connectivity index (χ0v) is 18.8. The van der Waals surface area contributed by atoms with E-state index in [1.165, 1.54) is 0 Å². The van der Waals surface area contributed by atoms with Gasteiger partial charge in [0.2, 0.25) is 0 Å². The molecule has 0 aliphatic carbocycles. The number of hydrogen-bond acceptors (Lipinski definition) is 4. The zero-order valence-electron chi connectivity index (χ0n) is 15.6. The fourth-order valence-electron chi connectivity index (χ4n) is 3.60. The molecule has 0 N–H and O–H groups in total. The fourth-order valence-corrected chi connectivity index (χ4v) is 4.36. The van der Waals surface area contributed by atoms with Crippen molar-refractivity contribution in [3.8, 4) is 22.5 Å². The average Bonchev–Trinajstić information content (AvgIpc) is 3.08. The Hall–Kier alpha value is -2.90. The van der Waals surface area contributed by atoms with Crippen LogP contribution in [0.25, 0.3) is 44.5 Å². The lowest BCUT2D eigenvalue weighted by Crippen LogP contribution is -2.08.